The number of phenols is 1. The molecule has 3 aromatic carbocycles. The first kappa shape index (κ1) is 22.5. The normalized spacial score (nSPS) is 11.7. The number of aromatic hydroxyl groups is 1. The Balaban J connectivity index is 2.02. The van der Waals surface area contributed by atoms with Crippen molar-refractivity contribution in [3.05, 3.63) is 76.3 Å². The van der Waals surface area contributed by atoms with Crippen LogP contribution in [-0.2, 0) is 6.18 Å². The van der Waals surface area contributed by atoms with E-state index < -0.39 is 11.7 Å². The van der Waals surface area contributed by atoms with Gasteiger partial charge in [0.25, 0.3) is 0 Å². The molecule has 0 radical (unpaired) electrons. The highest BCUT2D eigenvalue weighted by atomic mass is 35.5. The standard InChI is InChI=1S/C23H19ClF3NO3/c1-3-30-21-6-4-5-15(22(21)29)13-28-18-12-16(23(25,26)27)7-9-20(18)31-19-10-8-17(24)11-14(19)2/h4-13,29H,3H2,1-2H3. The molecule has 1 N–H and O–H groups in total. The molecule has 0 amide bonds. The predicted octanol–water partition coefficient (Wildman–Crippen LogP) is 7.31. The molecule has 3 rings (SSSR count). The molecule has 0 aliphatic carbocycles. The van der Waals surface area contributed by atoms with Gasteiger partial charge in [0, 0.05) is 16.8 Å². The number of aryl methyl sites for hydroxylation is 1. The zero-order chi connectivity index (χ0) is 22.6. The van der Waals surface area contributed by atoms with Gasteiger partial charge in [-0.05, 0) is 67.9 Å². The molecule has 0 bridgehead atoms. The van der Waals surface area contributed by atoms with Crippen molar-refractivity contribution in [2.24, 2.45) is 4.99 Å². The average molecular weight is 450 g/mol. The molecular weight excluding hydrogens is 431 g/mol. The second-order valence-electron chi connectivity index (χ2n) is 6.58. The fraction of sp³-hybridized carbons (Fsp3) is 0.174. The SMILES string of the molecule is CCOc1cccc(C=Nc2cc(C(F)(F)F)ccc2Oc2ccc(Cl)cc2C)c1O. The molecule has 0 spiro atoms. The minimum Gasteiger partial charge on any atom is -0.504 e. The predicted molar refractivity (Wildman–Crippen MR) is 114 cm³/mol. The van der Waals surface area contributed by atoms with E-state index >= 15 is 0 Å². The van der Waals surface area contributed by atoms with Crippen LogP contribution in [-0.4, -0.2) is 17.9 Å². The van der Waals surface area contributed by atoms with E-state index in [1.807, 2.05) is 0 Å². The number of nitrogens with zero attached hydrogens (tertiary/aromatic N) is 1. The van der Waals surface area contributed by atoms with Gasteiger partial charge < -0.3 is 14.6 Å². The Morgan fingerprint density at radius 3 is 2.45 bits per heavy atom. The Labute approximate surface area is 182 Å². The van der Waals surface area contributed by atoms with Crippen molar-refractivity contribution in [3.8, 4) is 23.0 Å². The van der Waals surface area contributed by atoms with Crippen molar-refractivity contribution in [2.45, 2.75) is 20.0 Å². The molecule has 0 aromatic heterocycles. The number of rotatable bonds is 6. The van der Waals surface area contributed by atoms with E-state index in [-0.39, 0.29) is 28.5 Å². The monoisotopic (exact) mass is 449 g/mol. The number of phenolic OH excluding ortho intramolecular Hbond substituents is 1. The summed E-state index contributed by atoms with van der Waals surface area (Å²) in [7, 11) is 0. The summed E-state index contributed by atoms with van der Waals surface area (Å²) < 4.78 is 50.8. The number of hydrogen-bond donors (Lipinski definition) is 1. The van der Waals surface area contributed by atoms with Crippen LogP contribution in [0, 0.1) is 6.92 Å². The van der Waals surface area contributed by atoms with Crippen LogP contribution in [0.4, 0.5) is 18.9 Å². The van der Waals surface area contributed by atoms with Crippen LogP contribution in [0.15, 0.2) is 59.6 Å². The summed E-state index contributed by atoms with van der Waals surface area (Å²) in [6.07, 6.45) is -3.29. The van der Waals surface area contributed by atoms with Crippen molar-refractivity contribution >= 4 is 23.5 Å². The summed E-state index contributed by atoms with van der Waals surface area (Å²) in [5.74, 6) is 0.650. The topological polar surface area (TPSA) is 51.0 Å². The lowest BCUT2D eigenvalue weighted by Gasteiger charge is -2.14. The van der Waals surface area contributed by atoms with Crippen LogP contribution in [0.2, 0.25) is 5.02 Å². The Bertz CT molecular complexity index is 1110. The number of ether oxygens (including phenoxy) is 2. The number of para-hydroxylation sites is 1. The molecule has 3 aromatic rings. The summed E-state index contributed by atoms with van der Waals surface area (Å²) in [5, 5.41) is 10.8. The van der Waals surface area contributed by atoms with Gasteiger partial charge in [0.15, 0.2) is 17.2 Å². The summed E-state index contributed by atoms with van der Waals surface area (Å²) >= 11 is 5.95. The van der Waals surface area contributed by atoms with E-state index in [9.17, 15) is 18.3 Å². The van der Waals surface area contributed by atoms with Crippen molar-refractivity contribution in [2.75, 3.05) is 6.61 Å². The van der Waals surface area contributed by atoms with Crippen molar-refractivity contribution in [3.63, 3.8) is 0 Å². The molecular formula is C23H19ClF3NO3. The zero-order valence-corrected chi connectivity index (χ0v) is 17.5. The summed E-state index contributed by atoms with van der Waals surface area (Å²) in [4.78, 5) is 4.16. The molecule has 0 aliphatic rings. The van der Waals surface area contributed by atoms with E-state index in [1.165, 1.54) is 12.3 Å². The fourth-order valence-electron chi connectivity index (χ4n) is 2.78. The highest BCUT2D eigenvalue weighted by Crippen LogP contribution is 2.39. The summed E-state index contributed by atoms with van der Waals surface area (Å²) in [6, 6.07) is 12.7. The largest absolute Gasteiger partial charge is 0.504 e. The molecule has 8 heteroatoms. The van der Waals surface area contributed by atoms with Gasteiger partial charge in [-0.15, -0.1) is 0 Å². The number of benzene rings is 3. The van der Waals surface area contributed by atoms with E-state index in [0.29, 0.717) is 22.9 Å². The van der Waals surface area contributed by atoms with Crippen LogP contribution in [0.3, 0.4) is 0 Å². The van der Waals surface area contributed by atoms with Crippen molar-refractivity contribution in [1.82, 2.24) is 0 Å². The molecule has 162 valence electrons. The van der Waals surface area contributed by atoms with E-state index in [2.05, 4.69) is 4.99 Å². The van der Waals surface area contributed by atoms with Gasteiger partial charge in [-0.3, -0.25) is 4.99 Å². The van der Waals surface area contributed by atoms with Crippen LogP contribution >= 0.6 is 11.6 Å². The van der Waals surface area contributed by atoms with Gasteiger partial charge in [-0.2, -0.15) is 13.2 Å². The molecule has 0 saturated carbocycles. The van der Waals surface area contributed by atoms with E-state index in [1.54, 1.807) is 50.2 Å². The highest BCUT2D eigenvalue weighted by Gasteiger charge is 2.31. The molecule has 0 saturated heterocycles. The molecule has 0 fully saturated rings. The van der Waals surface area contributed by atoms with Gasteiger partial charge >= 0.3 is 6.18 Å². The smallest absolute Gasteiger partial charge is 0.416 e. The minimum atomic E-state index is -4.55. The lowest BCUT2D eigenvalue weighted by Crippen LogP contribution is -2.04. The number of hydrogen-bond acceptors (Lipinski definition) is 4. The van der Waals surface area contributed by atoms with E-state index in [0.717, 1.165) is 12.1 Å². The highest BCUT2D eigenvalue weighted by molar-refractivity contribution is 6.30. The van der Waals surface area contributed by atoms with Gasteiger partial charge in [-0.25, -0.2) is 0 Å². The zero-order valence-electron chi connectivity index (χ0n) is 16.7. The quantitative estimate of drug-likeness (QED) is 0.401. The maximum atomic E-state index is 13.2. The summed E-state index contributed by atoms with van der Waals surface area (Å²) in [5.41, 5.74) is 0.0823. The molecule has 0 atom stereocenters. The summed E-state index contributed by atoms with van der Waals surface area (Å²) in [6.45, 7) is 3.89. The second kappa shape index (κ2) is 9.31. The maximum Gasteiger partial charge on any atom is 0.416 e. The molecule has 0 aliphatic heterocycles. The third-order valence-corrected chi connectivity index (χ3v) is 4.55. The van der Waals surface area contributed by atoms with Gasteiger partial charge in [-0.1, -0.05) is 17.7 Å². The third-order valence-electron chi connectivity index (χ3n) is 4.32. The first-order chi connectivity index (χ1) is 14.7. The van der Waals surface area contributed by atoms with Crippen LogP contribution < -0.4 is 9.47 Å². The average Bonchev–Trinajstić information content (AvgIpc) is 2.71. The first-order valence-corrected chi connectivity index (χ1v) is 9.71. The molecule has 0 heterocycles. The molecule has 4 nitrogen and oxygen atoms in total. The Kier molecular flexibility index (Phi) is 6.75. The lowest BCUT2D eigenvalue weighted by molar-refractivity contribution is -0.137. The first-order valence-electron chi connectivity index (χ1n) is 9.33. The van der Waals surface area contributed by atoms with Crippen molar-refractivity contribution < 1.29 is 27.8 Å². The lowest BCUT2D eigenvalue weighted by atomic mass is 10.1. The van der Waals surface area contributed by atoms with Gasteiger partial charge in [0.05, 0.1) is 12.2 Å². The van der Waals surface area contributed by atoms with Crippen LogP contribution in [0.25, 0.3) is 0 Å². The number of halogens is 4. The van der Waals surface area contributed by atoms with Crippen LogP contribution in [0.5, 0.6) is 23.0 Å². The van der Waals surface area contributed by atoms with Crippen molar-refractivity contribution in [1.29, 1.82) is 0 Å². The Morgan fingerprint density at radius 2 is 1.77 bits per heavy atom. The maximum absolute atomic E-state index is 13.2. The third kappa shape index (κ3) is 5.49. The fourth-order valence-corrected chi connectivity index (χ4v) is 3.01. The van der Waals surface area contributed by atoms with Gasteiger partial charge in [0.1, 0.15) is 11.4 Å². The molecule has 31 heavy (non-hydrogen) atoms. The second-order valence-corrected chi connectivity index (χ2v) is 7.01. The molecule has 0 unspecified atom stereocenters. The van der Waals surface area contributed by atoms with E-state index in [4.69, 9.17) is 21.1 Å². The number of aliphatic imine (C=N–C) groups is 1. The Hall–Kier alpha value is -3.19. The minimum absolute atomic E-state index is 0.0506. The number of alkyl halides is 3. The van der Waals surface area contributed by atoms with Crippen LogP contribution in [0.1, 0.15) is 23.6 Å². The Morgan fingerprint density at radius 1 is 1.03 bits per heavy atom. The van der Waals surface area contributed by atoms with Gasteiger partial charge in [0.2, 0.25) is 0 Å².